The first-order chi connectivity index (χ1) is 4.90. The van der Waals surface area contributed by atoms with Crippen molar-refractivity contribution in [1.82, 2.24) is 0 Å². The molecule has 0 aliphatic carbocycles. The van der Waals surface area contributed by atoms with Gasteiger partial charge in [0.15, 0.2) is 0 Å². The van der Waals surface area contributed by atoms with Gasteiger partial charge < -0.3 is 4.74 Å². The van der Waals surface area contributed by atoms with E-state index in [0.29, 0.717) is 11.3 Å². The molecule has 0 amide bonds. The van der Waals surface area contributed by atoms with Crippen molar-refractivity contribution in [2.75, 3.05) is 6.61 Å². The summed E-state index contributed by atoms with van der Waals surface area (Å²) in [5.74, 6) is 0.635. The maximum atomic E-state index is 5.74. The third-order valence-corrected chi connectivity index (χ3v) is 3.04. The largest absolute Gasteiger partial charge is 0.374 e. The molecule has 1 fully saturated rings. The molecule has 66 valence electrons. The lowest BCUT2D eigenvalue weighted by atomic mass is 9.66. The second-order valence-corrected chi connectivity index (χ2v) is 4.89. The topological polar surface area (TPSA) is 9.23 Å². The Kier molecular flexibility index (Phi) is 2.04. The zero-order valence-electron chi connectivity index (χ0n) is 8.40. The van der Waals surface area contributed by atoms with Crippen LogP contribution in [0.1, 0.15) is 41.0 Å². The van der Waals surface area contributed by atoms with E-state index in [1.807, 2.05) is 0 Å². The Balaban J connectivity index is 2.76. The highest BCUT2D eigenvalue weighted by Gasteiger charge is 2.50. The van der Waals surface area contributed by atoms with Crippen LogP contribution in [0.3, 0.4) is 0 Å². The quantitative estimate of drug-likeness (QED) is 0.567. The highest BCUT2D eigenvalue weighted by molar-refractivity contribution is 4.99. The second kappa shape index (κ2) is 2.48. The fourth-order valence-electron chi connectivity index (χ4n) is 2.23. The molecule has 0 radical (unpaired) electrons. The van der Waals surface area contributed by atoms with Crippen molar-refractivity contribution in [2.24, 2.45) is 11.3 Å². The molecule has 1 heteroatoms. The van der Waals surface area contributed by atoms with Gasteiger partial charge in [-0.3, -0.25) is 0 Å². The minimum absolute atomic E-state index is 0.160. The predicted octanol–water partition coefficient (Wildman–Crippen LogP) is 2.85. The smallest absolute Gasteiger partial charge is 0.0775 e. The standard InChI is InChI=1S/C10H20O/c1-8(2)10(6-7-11-10)9(3,4)5/h8H,6-7H2,1-5H3. The van der Waals surface area contributed by atoms with Crippen molar-refractivity contribution in [3.63, 3.8) is 0 Å². The first kappa shape index (κ1) is 9.05. The summed E-state index contributed by atoms with van der Waals surface area (Å²) in [7, 11) is 0. The van der Waals surface area contributed by atoms with Gasteiger partial charge in [0.2, 0.25) is 0 Å². The fraction of sp³-hybridized carbons (Fsp3) is 1.00. The van der Waals surface area contributed by atoms with E-state index < -0.39 is 0 Å². The Hall–Kier alpha value is -0.0400. The lowest BCUT2D eigenvalue weighted by molar-refractivity contribution is -0.230. The monoisotopic (exact) mass is 156 g/mol. The van der Waals surface area contributed by atoms with Crippen molar-refractivity contribution in [2.45, 2.75) is 46.6 Å². The molecular formula is C10H20O. The Morgan fingerprint density at radius 1 is 1.27 bits per heavy atom. The third-order valence-electron chi connectivity index (χ3n) is 3.04. The summed E-state index contributed by atoms with van der Waals surface area (Å²) in [5.41, 5.74) is 0.451. The zero-order chi connectivity index (χ0) is 8.70. The van der Waals surface area contributed by atoms with Gasteiger partial charge in [0.1, 0.15) is 0 Å². The van der Waals surface area contributed by atoms with Crippen LogP contribution in [-0.2, 0) is 4.74 Å². The molecule has 1 aliphatic rings. The number of hydrogen-bond donors (Lipinski definition) is 0. The van der Waals surface area contributed by atoms with Crippen LogP contribution >= 0.6 is 0 Å². The average Bonchev–Trinajstić information content (AvgIpc) is 1.52. The van der Waals surface area contributed by atoms with Gasteiger partial charge in [-0.05, 0) is 11.3 Å². The van der Waals surface area contributed by atoms with Crippen molar-refractivity contribution in [3.05, 3.63) is 0 Å². The highest BCUT2D eigenvalue weighted by Crippen LogP contribution is 2.47. The van der Waals surface area contributed by atoms with Gasteiger partial charge in [-0.25, -0.2) is 0 Å². The molecule has 0 spiro atoms. The van der Waals surface area contributed by atoms with E-state index in [4.69, 9.17) is 4.74 Å². The van der Waals surface area contributed by atoms with Crippen LogP contribution < -0.4 is 0 Å². The van der Waals surface area contributed by atoms with Crippen molar-refractivity contribution in [1.29, 1.82) is 0 Å². The Labute approximate surface area is 70.1 Å². The minimum atomic E-state index is 0.160. The van der Waals surface area contributed by atoms with Crippen molar-refractivity contribution in [3.8, 4) is 0 Å². The maximum Gasteiger partial charge on any atom is 0.0775 e. The first-order valence-corrected chi connectivity index (χ1v) is 4.54. The van der Waals surface area contributed by atoms with Crippen LogP contribution in [0.2, 0.25) is 0 Å². The van der Waals surface area contributed by atoms with Gasteiger partial charge in [-0.1, -0.05) is 34.6 Å². The van der Waals surface area contributed by atoms with Crippen LogP contribution in [0.5, 0.6) is 0 Å². The van der Waals surface area contributed by atoms with Crippen molar-refractivity contribution < 1.29 is 4.74 Å². The molecule has 1 heterocycles. The molecule has 11 heavy (non-hydrogen) atoms. The molecule has 0 saturated carbocycles. The molecule has 0 N–H and O–H groups in total. The number of hydrogen-bond acceptors (Lipinski definition) is 1. The van der Waals surface area contributed by atoms with E-state index in [1.54, 1.807) is 0 Å². The number of ether oxygens (including phenoxy) is 1. The summed E-state index contributed by atoms with van der Waals surface area (Å²) in [6.07, 6.45) is 1.23. The van der Waals surface area contributed by atoms with E-state index in [1.165, 1.54) is 6.42 Å². The summed E-state index contributed by atoms with van der Waals surface area (Å²) in [6, 6.07) is 0. The van der Waals surface area contributed by atoms with E-state index >= 15 is 0 Å². The lowest BCUT2D eigenvalue weighted by Crippen LogP contribution is -2.57. The highest BCUT2D eigenvalue weighted by atomic mass is 16.5. The van der Waals surface area contributed by atoms with Crippen LogP contribution in [0.4, 0.5) is 0 Å². The molecule has 1 saturated heterocycles. The van der Waals surface area contributed by atoms with Gasteiger partial charge in [-0.2, -0.15) is 0 Å². The average molecular weight is 156 g/mol. The van der Waals surface area contributed by atoms with E-state index in [0.717, 1.165) is 6.61 Å². The van der Waals surface area contributed by atoms with E-state index in [9.17, 15) is 0 Å². The van der Waals surface area contributed by atoms with Gasteiger partial charge in [0, 0.05) is 6.42 Å². The summed E-state index contributed by atoms with van der Waals surface area (Å²) in [5, 5.41) is 0. The summed E-state index contributed by atoms with van der Waals surface area (Å²) in [4.78, 5) is 0. The number of rotatable bonds is 1. The molecule has 1 atom stereocenters. The van der Waals surface area contributed by atoms with Crippen LogP contribution in [0, 0.1) is 11.3 Å². The SMILES string of the molecule is CC(C)C1(C(C)(C)C)CCO1. The molecule has 1 rings (SSSR count). The molecule has 1 nitrogen and oxygen atoms in total. The van der Waals surface area contributed by atoms with E-state index in [-0.39, 0.29) is 5.60 Å². The molecule has 0 bridgehead atoms. The van der Waals surface area contributed by atoms with Gasteiger partial charge >= 0.3 is 0 Å². The molecular weight excluding hydrogens is 136 g/mol. The summed E-state index contributed by atoms with van der Waals surface area (Å²) >= 11 is 0. The predicted molar refractivity (Wildman–Crippen MR) is 47.6 cm³/mol. The maximum absolute atomic E-state index is 5.74. The third kappa shape index (κ3) is 1.20. The fourth-order valence-corrected chi connectivity index (χ4v) is 2.23. The molecule has 1 unspecified atom stereocenters. The Morgan fingerprint density at radius 3 is 1.73 bits per heavy atom. The molecule has 0 aromatic carbocycles. The van der Waals surface area contributed by atoms with Crippen LogP contribution in [-0.4, -0.2) is 12.2 Å². The normalized spacial score (nSPS) is 32.2. The minimum Gasteiger partial charge on any atom is -0.374 e. The van der Waals surface area contributed by atoms with Gasteiger partial charge in [-0.15, -0.1) is 0 Å². The van der Waals surface area contributed by atoms with Crippen molar-refractivity contribution >= 4 is 0 Å². The first-order valence-electron chi connectivity index (χ1n) is 4.54. The van der Waals surface area contributed by atoms with E-state index in [2.05, 4.69) is 34.6 Å². The molecule has 0 aromatic rings. The zero-order valence-corrected chi connectivity index (χ0v) is 8.40. The second-order valence-electron chi connectivity index (χ2n) is 4.89. The van der Waals surface area contributed by atoms with Gasteiger partial charge in [0.25, 0.3) is 0 Å². The van der Waals surface area contributed by atoms with Gasteiger partial charge in [0.05, 0.1) is 12.2 Å². The van der Waals surface area contributed by atoms with Crippen LogP contribution in [0.15, 0.2) is 0 Å². The Morgan fingerprint density at radius 2 is 1.73 bits per heavy atom. The summed E-state index contributed by atoms with van der Waals surface area (Å²) in [6.45, 7) is 12.3. The molecule has 1 aliphatic heterocycles. The Bertz CT molecular complexity index is 137. The van der Waals surface area contributed by atoms with Crippen LogP contribution in [0.25, 0.3) is 0 Å². The molecule has 0 aromatic heterocycles. The lowest BCUT2D eigenvalue weighted by Gasteiger charge is -2.54. The summed E-state index contributed by atoms with van der Waals surface area (Å²) < 4.78 is 5.74.